The zero-order chi connectivity index (χ0) is 13.3. The maximum atomic E-state index is 5.82. The Hall–Kier alpha value is -1.82. The number of nitrogens with two attached hydrogens (primary N) is 1. The van der Waals surface area contributed by atoms with E-state index in [1.807, 2.05) is 12.1 Å². The second kappa shape index (κ2) is 4.70. The predicted octanol–water partition coefficient (Wildman–Crippen LogP) is 2.03. The molecule has 1 saturated carbocycles. The third-order valence-corrected chi connectivity index (χ3v) is 3.89. The molecule has 0 unspecified atom stereocenters. The van der Waals surface area contributed by atoms with Gasteiger partial charge in [-0.25, -0.2) is 4.63 Å². The summed E-state index contributed by atoms with van der Waals surface area (Å²) in [6, 6.07) is 3.75. The van der Waals surface area contributed by atoms with E-state index >= 15 is 0 Å². The van der Waals surface area contributed by atoms with Crippen LogP contribution in [0.1, 0.15) is 19.3 Å². The molecule has 1 heterocycles. The summed E-state index contributed by atoms with van der Waals surface area (Å²) < 4.78 is 9.92. The van der Waals surface area contributed by atoms with E-state index in [1.165, 1.54) is 12.8 Å². The Morgan fingerprint density at radius 1 is 1.37 bits per heavy atom. The normalized spacial score (nSPS) is 16.7. The fourth-order valence-corrected chi connectivity index (χ4v) is 2.32. The Morgan fingerprint density at radius 3 is 2.89 bits per heavy atom. The molecule has 6 heteroatoms. The molecule has 0 saturated heterocycles. The molecule has 19 heavy (non-hydrogen) atoms. The number of anilines is 2. The van der Waals surface area contributed by atoms with E-state index in [-0.39, 0.29) is 0 Å². The first-order valence-electron chi connectivity index (χ1n) is 6.48. The highest BCUT2D eigenvalue weighted by Crippen LogP contribution is 2.48. The standard InChI is InChI=1S/C13H18N4O2/c1-18-7-6-13(4-5-13)8-15-10-3-2-9(14)11-12(10)17-19-16-11/h2-3,15H,4-8,14H2,1H3. The molecule has 3 N–H and O–H groups in total. The maximum absolute atomic E-state index is 5.82. The summed E-state index contributed by atoms with van der Waals surface area (Å²) in [5, 5.41) is 11.2. The van der Waals surface area contributed by atoms with E-state index in [0.717, 1.165) is 25.3 Å². The SMILES string of the molecule is COCCC1(CNc2ccc(N)c3nonc23)CC1. The molecule has 0 aliphatic heterocycles. The molecule has 102 valence electrons. The largest absolute Gasteiger partial charge is 0.397 e. The van der Waals surface area contributed by atoms with Crippen molar-refractivity contribution < 1.29 is 9.37 Å². The van der Waals surface area contributed by atoms with Crippen molar-refractivity contribution >= 4 is 22.4 Å². The van der Waals surface area contributed by atoms with Gasteiger partial charge in [0.05, 0.1) is 11.4 Å². The maximum Gasteiger partial charge on any atom is 0.160 e. The number of benzene rings is 1. The molecule has 0 bridgehead atoms. The van der Waals surface area contributed by atoms with Crippen LogP contribution in [0.4, 0.5) is 11.4 Å². The third-order valence-electron chi connectivity index (χ3n) is 3.89. The third kappa shape index (κ3) is 2.35. The summed E-state index contributed by atoms with van der Waals surface area (Å²) in [5.74, 6) is 0. The highest BCUT2D eigenvalue weighted by atomic mass is 16.6. The van der Waals surface area contributed by atoms with Gasteiger partial charge in [-0.3, -0.25) is 0 Å². The van der Waals surface area contributed by atoms with Crippen molar-refractivity contribution in [1.82, 2.24) is 10.3 Å². The average Bonchev–Trinajstić information content (AvgIpc) is 3.00. The number of fused-ring (bicyclic) bond motifs is 1. The van der Waals surface area contributed by atoms with Crippen molar-refractivity contribution in [3.8, 4) is 0 Å². The second-order valence-corrected chi connectivity index (χ2v) is 5.26. The van der Waals surface area contributed by atoms with Crippen LogP contribution in [0.3, 0.4) is 0 Å². The van der Waals surface area contributed by atoms with Crippen LogP contribution in [-0.4, -0.2) is 30.6 Å². The lowest BCUT2D eigenvalue weighted by Crippen LogP contribution is -2.17. The van der Waals surface area contributed by atoms with E-state index in [2.05, 4.69) is 15.6 Å². The molecule has 0 radical (unpaired) electrons. The zero-order valence-corrected chi connectivity index (χ0v) is 11.0. The van der Waals surface area contributed by atoms with Crippen LogP contribution >= 0.6 is 0 Å². The Bertz CT molecular complexity index is 577. The van der Waals surface area contributed by atoms with Gasteiger partial charge in [-0.2, -0.15) is 0 Å². The minimum atomic E-state index is 0.376. The number of nitrogens with zero attached hydrogens (tertiary/aromatic N) is 2. The second-order valence-electron chi connectivity index (χ2n) is 5.26. The van der Waals surface area contributed by atoms with Crippen LogP contribution in [0.2, 0.25) is 0 Å². The van der Waals surface area contributed by atoms with Crippen molar-refractivity contribution in [3.05, 3.63) is 12.1 Å². The van der Waals surface area contributed by atoms with E-state index in [9.17, 15) is 0 Å². The quantitative estimate of drug-likeness (QED) is 0.775. The number of nitrogens with one attached hydrogen (secondary N) is 1. The van der Waals surface area contributed by atoms with Crippen LogP contribution in [0.15, 0.2) is 16.8 Å². The first-order valence-corrected chi connectivity index (χ1v) is 6.48. The molecular weight excluding hydrogens is 244 g/mol. The van der Waals surface area contributed by atoms with Gasteiger partial charge in [-0.05, 0) is 47.1 Å². The van der Waals surface area contributed by atoms with Crippen LogP contribution in [0.5, 0.6) is 0 Å². The van der Waals surface area contributed by atoms with Crippen molar-refractivity contribution in [1.29, 1.82) is 0 Å². The minimum absolute atomic E-state index is 0.376. The van der Waals surface area contributed by atoms with Gasteiger partial charge in [0.25, 0.3) is 0 Å². The molecule has 1 aromatic heterocycles. The van der Waals surface area contributed by atoms with Crippen LogP contribution < -0.4 is 11.1 Å². The molecule has 0 atom stereocenters. The summed E-state index contributed by atoms with van der Waals surface area (Å²) >= 11 is 0. The first kappa shape index (κ1) is 12.2. The highest BCUT2D eigenvalue weighted by molar-refractivity contribution is 5.94. The van der Waals surface area contributed by atoms with Gasteiger partial charge in [-0.15, -0.1) is 0 Å². The van der Waals surface area contributed by atoms with Gasteiger partial charge >= 0.3 is 0 Å². The smallest absolute Gasteiger partial charge is 0.160 e. The summed E-state index contributed by atoms with van der Waals surface area (Å²) in [6.45, 7) is 1.73. The molecule has 1 fully saturated rings. The Balaban J connectivity index is 1.72. The molecular formula is C13H18N4O2. The van der Waals surface area contributed by atoms with Crippen molar-refractivity contribution in [2.24, 2.45) is 5.41 Å². The van der Waals surface area contributed by atoms with Crippen molar-refractivity contribution in [2.45, 2.75) is 19.3 Å². The van der Waals surface area contributed by atoms with Crippen LogP contribution in [-0.2, 0) is 4.74 Å². The highest BCUT2D eigenvalue weighted by Gasteiger charge is 2.41. The number of ether oxygens (including phenoxy) is 1. The van der Waals surface area contributed by atoms with Gasteiger partial charge < -0.3 is 15.8 Å². The first-order chi connectivity index (χ1) is 9.24. The molecule has 1 aromatic carbocycles. The molecule has 2 aromatic rings. The lowest BCUT2D eigenvalue weighted by molar-refractivity contribution is 0.175. The topological polar surface area (TPSA) is 86.2 Å². The summed E-state index contributed by atoms with van der Waals surface area (Å²) in [6.07, 6.45) is 3.59. The number of aromatic nitrogens is 2. The van der Waals surface area contributed by atoms with E-state index < -0.39 is 0 Å². The van der Waals surface area contributed by atoms with E-state index in [0.29, 0.717) is 22.1 Å². The molecule has 1 aliphatic rings. The number of hydrogen-bond acceptors (Lipinski definition) is 6. The average molecular weight is 262 g/mol. The molecule has 0 spiro atoms. The lowest BCUT2D eigenvalue weighted by Gasteiger charge is -2.16. The Morgan fingerprint density at radius 2 is 2.16 bits per heavy atom. The number of methoxy groups -OCH3 is 1. The predicted molar refractivity (Wildman–Crippen MR) is 72.9 cm³/mol. The van der Waals surface area contributed by atoms with Gasteiger partial charge in [0.2, 0.25) is 0 Å². The van der Waals surface area contributed by atoms with Crippen LogP contribution in [0.25, 0.3) is 11.0 Å². The van der Waals surface area contributed by atoms with Crippen LogP contribution in [0, 0.1) is 5.41 Å². The fraction of sp³-hybridized carbons (Fsp3) is 0.538. The van der Waals surface area contributed by atoms with Gasteiger partial charge in [0.1, 0.15) is 0 Å². The Labute approximate surface area is 111 Å². The van der Waals surface area contributed by atoms with Crippen molar-refractivity contribution in [3.63, 3.8) is 0 Å². The van der Waals surface area contributed by atoms with E-state index in [4.69, 9.17) is 15.1 Å². The Kier molecular flexibility index (Phi) is 3.02. The number of nitrogen functional groups attached to an aromatic ring is 1. The van der Waals surface area contributed by atoms with Gasteiger partial charge in [0.15, 0.2) is 11.0 Å². The molecule has 0 amide bonds. The molecule has 3 rings (SSSR count). The van der Waals surface area contributed by atoms with E-state index in [1.54, 1.807) is 7.11 Å². The number of hydrogen-bond donors (Lipinski definition) is 2. The summed E-state index contributed by atoms with van der Waals surface area (Å²) in [7, 11) is 1.74. The van der Waals surface area contributed by atoms with Gasteiger partial charge in [-0.1, -0.05) is 0 Å². The monoisotopic (exact) mass is 262 g/mol. The lowest BCUT2D eigenvalue weighted by atomic mass is 10.0. The van der Waals surface area contributed by atoms with Crippen molar-refractivity contribution in [2.75, 3.05) is 31.3 Å². The summed E-state index contributed by atoms with van der Waals surface area (Å²) in [5.41, 5.74) is 9.02. The number of rotatable bonds is 6. The zero-order valence-electron chi connectivity index (χ0n) is 11.0. The molecule has 1 aliphatic carbocycles. The minimum Gasteiger partial charge on any atom is -0.397 e. The molecule has 6 nitrogen and oxygen atoms in total. The van der Waals surface area contributed by atoms with Gasteiger partial charge in [0, 0.05) is 20.3 Å². The summed E-state index contributed by atoms with van der Waals surface area (Å²) in [4.78, 5) is 0. The fourth-order valence-electron chi connectivity index (χ4n) is 2.32.